The van der Waals surface area contributed by atoms with Gasteiger partial charge in [0.25, 0.3) is 0 Å². The summed E-state index contributed by atoms with van der Waals surface area (Å²) in [5.41, 5.74) is 0. The first-order valence-electron chi connectivity index (χ1n) is 22.7. The van der Waals surface area contributed by atoms with Crippen LogP contribution in [0, 0.1) is 0 Å². The molecule has 0 amide bonds. The summed E-state index contributed by atoms with van der Waals surface area (Å²) in [6.45, 7) is 0.216. The molecule has 360 valence electrons. The minimum Gasteiger partial charge on any atom is -0.463 e. The number of ether oxygens (including phenoxy) is 2. The van der Waals surface area contributed by atoms with Crippen LogP contribution in [0.1, 0.15) is 155 Å². The highest BCUT2D eigenvalue weighted by molar-refractivity contribution is 7.47. The number of phosphoric acid groups is 2. The maximum atomic E-state index is 12.1. The molecular formula is C45H80O15P2. The van der Waals surface area contributed by atoms with Gasteiger partial charge in [-0.15, -0.1) is 0 Å². The van der Waals surface area contributed by atoms with E-state index in [0.717, 1.165) is 70.6 Å². The van der Waals surface area contributed by atoms with E-state index >= 15 is 0 Å². The van der Waals surface area contributed by atoms with Gasteiger partial charge in [-0.25, -0.2) is 9.13 Å². The third-order valence-corrected chi connectivity index (χ3v) is 11.0. The quantitative estimate of drug-likeness (QED) is 0.0126. The molecule has 15 nitrogen and oxygen atoms in total. The van der Waals surface area contributed by atoms with Gasteiger partial charge in [-0.2, -0.15) is 0 Å². The van der Waals surface area contributed by atoms with Crippen LogP contribution < -0.4 is 0 Å². The van der Waals surface area contributed by atoms with Crippen molar-refractivity contribution >= 4 is 27.6 Å². The summed E-state index contributed by atoms with van der Waals surface area (Å²) in [5, 5.41) is 30.0. The molecule has 62 heavy (non-hydrogen) atoms. The van der Waals surface area contributed by atoms with Crippen LogP contribution in [0.5, 0.6) is 0 Å². The first kappa shape index (κ1) is 59.7. The summed E-state index contributed by atoms with van der Waals surface area (Å²) >= 11 is 0. The fraction of sp³-hybridized carbons (Fsp3) is 0.733. The van der Waals surface area contributed by atoms with Crippen LogP contribution in [0.4, 0.5) is 0 Å². The summed E-state index contributed by atoms with van der Waals surface area (Å²) in [7, 11) is -9.58. The summed E-state index contributed by atoms with van der Waals surface area (Å²) in [6.07, 6.45) is 37.8. The Balaban J connectivity index is 3.94. The Morgan fingerprint density at radius 1 is 0.435 bits per heavy atom. The van der Waals surface area contributed by atoms with Crippen LogP contribution in [-0.2, 0) is 46.3 Å². The van der Waals surface area contributed by atoms with E-state index in [4.69, 9.17) is 9.47 Å². The van der Waals surface area contributed by atoms with Crippen molar-refractivity contribution in [1.29, 1.82) is 0 Å². The Bertz CT molecular complexity index is 1350. The van der Waals surface area contributed by atoms with E-state index in [1.165, 1.54) is 44.9 Å². The van der Waals surface area contributed by atoms with Crippen LogP contribution in [0.15, 0.2) is 60.8 Å². The van der Waals surface area contributed by atoms with Crippen molar-refractivity contribution in [1.82, 2.24) is 0 Å². The topological polar surface area (TPSA) is 225 Å². The molecule has 5 atom stereocenters. The highest BCUT2D eigenvalue weighted by Gasteiger charge is 2.28. The number of carbonyl (C=O) groups is 2. The van der Waals surface area contributed by atoms with E-state index in [1.807, 2.05) is 36.5 Å². The first-order valence-corrected chi connectivity index (χ1v) is 25.7. The third-order valence-electron chi connectivity index (χ3n) is 9.05. The van der Waals surface area contributed by atoms with Gasteiger partial charge in [0.2, 0.25) is 0 Å². The standard InChI is InChI=1S/C45H80O15P2/c1-3-5-7-9-11-13-15-17-19-21-23-25-27-29-31-33-44(49)55-35-41(46)37-57-61(51,52)59-39-43(48)40-60-62(53,54)58-38-42(47)36-56-45(50)34-32-30-28-26-24-22-20-18-16-14-12-10-8-6-4-2/h5,7,9,11,13-17,19,41-43,46-48H,3-4,6,8,10,12,18,20-40H2,1-2H3,(H,51,52)(H,53,54)/b7-5+,11-9+,15-13+,16-14-,19-17-. The van der Waals surface area contributed by atoms with E-state index in [2.05, 4.69) is 56.2 Å². The lowest BCUT2D eigenvalue weighted by molar-refractivity contribution is -0.148. The van der Waals surface area contributed by atoms with E-state index in [0.29, 0.717) is 12.8 Å². The monoisotopic (exact) mass is 922 g/mol. The van der Waals surface area contributed by atoms with Crippen LogP contribution in [0.3, 0.4) is 0 Å². The fourth-order valence-corrected chi connectivity index (χ4v) is 7.10. The highest BCUT2D eigenvalue weighted by atomic mass is 31.2. The van der Waals surface area contributed by atoms with E-state index < -0.39 is 85.5 Å². The van der Waals surface area contributed by atoms with Crippen molar-refractivity contribution in [3.05, 3.63) is 60.8 Å². The Morgan fingerprint density at radius 3 is 1.16 bits per heavy atom. The van der Waals surface area contributed by atoms with E-state index in [9.17, 15) is 43.8 Å². The molecule has 0 saturated heterocycles. The van der Waals surface area contributed by atoms with Gasteiger partial charge in [-0.05, 0) is 57.8 Å². The molecule has 0 aliphatic rings. The van der Waals surface area contributed by atoms with Crippen molar-refractivity contribution in [3.8, 4) is 0 Å². The van der Waals surface area contributed by atoms with Crippen molar-refractivity contribution in [2.75, 3.05) is 39.6 Å². The van der Waals surface area contributed by atoms with Crippen molar-refractivity contribution < 1.29 is 71.4 Å². The average Bonchev–Trinajstić information content (AvgIpc) is 3.24. The smallest absolute Gasteiger partial charge is 0.463 e. The molecule has 0 spiro atoms. The number of rotatable bonds is 43. The number of aliphatic hydroxyl groups excluding tert-OH is 3. The third kappa shape index (κ3) is 43.0. The Labute approximate surface area is 371 Å². The molecule has 0 bridgehead atoms. The number of aliphatic hydroxyl groups is 3. The van der Waals surface area contributed by atoms with Crippen molar-refractivity contribution in [2.24, 2.45) is 0 Å². The molecule has 17 heteroatoms. The molecule has 0 heterocycles. The van der Waals surface area contributed by atoms with E-state index in [1.54, 1.807) is 0 Å². The Morgan fingerprint density at radius 2 is 0.758 bits per heavy atom. The molecule has 0 aromatic carbocycles. The van der Waals surface area contributed by atoms with Gasteiger partial charge in [0.05, 0.1) is 26.4 Å². The first-order chi connectivity index (χ1) is 29.8. The molecule has 5 N–H and O–H groups in total. The second-order valence-electron chi connectivity index (χ2n) is 15.1. The molecule has 0 aromatic heterocycles. The summed E-state index contributed by atoms with van der Waals surface area (Å²) in [5.74, 6) is -1.02. The lowest BCUT2D eigenvalue weighted by Gasteiger charge is -2.19. The molecular weight excluding hydrogens is 842 g/mol. The highest BCUT2D eigenvalue weighted by Crippen LogP contribution is 2.45. The number of carbonyl (C=O) groups excluding carboxylic acids is 2. The predicted octanol–water partition coefficient (Wildman–Crippen LogP) is 9.83. The largest absolute Gasteiger partial charge is 0.472 e. The van der Waals surface area contributed by atoms with Gasteiger partial charge in [-0.1, -0.05) is 145 Å². The van der Waals surface area contributed by atoms with Crippen LogP contribution in [0.25, 0.3) is 0 Å². The predicted molar refractivity (Wildman–Crippen MR) is 242 cm³/mol. The number of hydrogen-bond donors (Lipinski definition) is 5. The number of hydrogen-bond acceptors (Lipinski definition) is 13. The molecule has 5 unspecified atom stereocenters. The number of unbranched alkanes of at least 4 members (excludes halogenated alkanes) is 16. The Hall–Kier alpha value is -2.26. The number of esters is 2. The van der Waals surface area contributed by atoms with Gasteiger partial charge in [0.15, 0.2) is 0 Å². The number of phosphoric ester groups is 2. The lowest BCUT2D eigenvalue weighted by Crippen LogP contribution is -2.25. The maximum absolute atomic E-state index is 12.1. The summed E-state index contributed by atoms with van der Waals surface area (Å²) in [4.78, 5) is 43.7. The Kier molecular flexibility index (Phi) is 39.9. The summed E-state index contributed by atoms with van der Waals surface area (Å²) in [6, 6.07) is 0. The average molecular weight is 923 g/mol. The maximum Gasteiger partial charge on any atom is 0.472 e. The summed E-state index contributed by atoms with van der Waals surface area (Å²) < 4.78 is 52.9. The van der Waals surface area contributed by atoms with Gasteiger partial charge in [0, 0.05) is 12.8 Å². The molecule has 0 aliphatic heterocycles. The van der Waals surface area contributed by atoms with Gasteiger partial charge < -0.3 is 34.6 Å². The zero-order valence-corrected chi connectivity index (χ0v) is 39.3. The molecule has 0 aliphatic carbocycles. The van der Waals surface area contributed by atoms with Gasteiger partial charge in [-0.3, -0.25) is 27.7 Å². The minimum atomic E-state index is -4.79. The van der Waals surface area contributed by atoms with Crippen LogP contribution in [-0.4, -0.2) is 95.0 Å². The van der Waals surface area contributed by atoms with Gasteiger partial charge in [0.1, 0.15) is 31.5 Å². The molecule has 0 fully saturated rings. The molecule has 0 rings (SSSR count). The zero-order chi connectivity index (χ0) is 46.0. The van der Waals surface area contributed by atoms with Crippen molar-refractivity contribution in [2.45, 2.75) is 173 Å². The molecule has 0 aromatic rings. The molecule has 0 radical (unpaired) electrons. The second kappa shape index (κ2) is 41.4. The molecule has 0 saturated carbocycles. The lowest BCUT2D eigenvalue weighted by atomic mass is 10.1. The van der Waals surface area contributed by atoms with Gasteiger partial charge >= 0.3 is 27.6 Å². The second-order valence-corrected chi connectivity index (χ2v) is 18.0. The van der Waals surface area contributed by atoms with Crippen LogP contribution in [0.2, 0.25) is 0 Å². The SMILES string of the molecule is CC/C=C/C=C/C=C/C=C\CCCCCCCC(=O)OCC(O)COP(=O)(O)OCC(O)COP(=O)(O)OCC(O)COC(=O)CCCCCCCCC/C=C\CCCCCC. The van der Waals surface area contributed by atoms with Crippen LogP contribution >= 0.6 is 15.6 Å². The fourth-order valence-electron chi connectivity index (χ4n) is 5.51. The van der Waals surface area contributed by atoms with Crippen molar-refractivity contribution in [3.63, 3.8) is 0 Å². The number of allylic oxidation sites excluding steroid dienone is 10. The minimum absolute atomic E-state index is 0.168. The van der Waals surface area contributed by atoms with E-state index in [-0.39, 0.29) is 12.8 Å². The zero-order valence-electron chi connectivity index (χ0n) is 37.5. The normalized spacial score (nSPS) is 15.8.